The molecule has 1 aromatic heterocycles. The van der Waals surface area contributed by atoms with E-state index < -0.39 is 5.91 Å². The Bertz CT molecular complexity index is 516. The Balaban J connectivity index is 2.76. The molecule has 0 radical (unpaired) electrons. The van der Waals surface area contributed by atoms with Crippen LogP contribution in [0.15, 0.2) is 29.6 Å². The van der Waals surface area contributed by atoms with Crippen molar-refractivity contribution in [1.29, 1.82) is 0 Å². The molecule has 70 valence electrons. The Morgan fingerprint density at radius 1 is 1.50 bits per heavy atom. The molecule has 0 saturated carbocycles. The molecule has 0 N–H and O–H groups in total. The van der Waals surface area contributed by atoms with Crippen LogP contribution in [0.3, 0.4) is 0 Å². The van der Waals surface area contributed by atoms with Gasteiger partial charge in [0.25, 0.3) is 0 Å². The SMILES string of the molecule is Cn1cc2c(C(=O)N=O)cccc2n1. The minimum Gasteiger partial charge on any atom is -0.275 e. The summed E-state index contributed by atoms with van der Waals surface area (Å²) in [7, 11) is 1.75. The predicted octanol–water partition coefficient (Wildman–Crippen LogP) is 1.48. The summed E-state index contributed by atoms with van der Waals surface area (Å²) in [6, 6.07) is 5.01. The fourth-order valence-corrected chi connectivity index (χ4v) is 1.40. The lowest BCUT2D eigenvalue weighted by atomic mass is 10.1. The van der Waals surface area contributed by atoms with Crippen LogP contribution in [0.4, 0.5) is 0 Å². The van der Waals surface area contributed by atoms with Crippen LogP contribution in [0, 0.1) is 4.91 Å². The molecule has 1 heterocycles. The summed E-state index contributed by atoms with van der Waals surface area (Å²) in [5.74, 6) is -0.761. The maximum absolute atomic E-state index is 11.1. The van der Waals surface area contributed by atoms with Gasteiger partial charge in [-0.2, -0.15) is 5.10 Å². The molecule has 0 aliphatic heterocycles. The first-order valence-corrected chi connectivity index (χ1v) is 4.02. The normalized spacial score (nSPS) is 10.4. The van der Waals surface area contributed by atoms with Crippen molar-refractivity contribution in [3.63, 3.8) is 0 Å². The van der Waals surface area contributed by atoms with Gasteiger partial charge in [0.1, 0.15) is 0 Å². The summed E-state index contributed by atoms with van der Waals surface area (Å²) in [4.78, 5) is 21.2. The topological polar surface area (TPSA) is 64.3 Å². The van der Waals surface area contributed by atoms with E-state index in [1.54, 1.807) is 36.1 Å². The zero-order valence-electron chi connectivity index (χ0n) is 7.47. The summed E-state index contributed by atoms with van der Waals surface area (Å²) in [5, 5.41) is 7.16. The number of aryl methyl sites for hydroxylation is 1. The third kappa shape index (κ3) is 1.19. The first-order chi connectivity index (χ1) is 6.72. The van der Waals surface area contributed by atoms with Crippen LogP contribution in [-0.2, 0) is 7.05 Å². The van der Waals surface area contributed by atoms with E-state index in [9.17, 15) is 9.70 Å². The van der Waals surface area contributed by atoms with Gasteiger partial charge < -0.3 is 0 Å². The fourth-order valence-electron chi connectivity index (χ4n) is 1.40. The van der Waals surface area contributed by atoms with Gasteiger partial charge in [-0.1, -0.05) is 6.07 Å². The van der Waals surface area contributed by atoms with Crippen LogP contribution in [0.25, 0.3) is 10.9 Å². The highest BCUT2D eigenvalue weighted by Gasteiger charge is 2.11. The van der Waals surface area contributed by atoms with Gasteiger partial charge >= 0.3 is 5.91 Å². The van der Waals surface area contributed by atoms with E-state index in [2.05, 4.69) is 10.3 Å². The zero-order chi connectivity index (χ0) is 10.1. The van der Waals surface area contributed by atoms with Gasteiger partial charge in [0, 0.05) is 23.8 Å². The van der Waals surface area contributed by atoms with E-state index in [0.29, 0.717) is 16.5 Å². The van der Waals surface area contributed by atoms with Gasteiger partial charge in [-0.3, -0.25) is 9.48 Å². The van der Waals surface area contributed by atoms with Crippen molar-refractivity contribution in [2.24, 2.45) is 12.2 Å². The predicted molar refractivity (Wildman–Crippen MR) is 50.8 cm³/mol. The molecule has 1 amide bonds. The number of nitrogens with zero attached hydrogens (tertiary/aromatic N) is 3. The second-order valence-corrected chi connectivity index (χ2v) is 2.94. The quantitative estimate of drug-likeness (QED) is 0.638. The van der Waals surface area contributed by atoms with Crippen LogP contribution in [0.2, 0.25) is 0 Å². The minimum absolute atomic E-state index is 0.297. The second-order valence-electron chi connectivity index (χ2n) is 2.94. The molecular weight excluding hydrogens is 182 g/mol. The van der Waals surface area contributed by atoms with Crippen LogP contribution in [0.5, 0.6) is 0 Å². The van der Waals surface area contributed by atoms with Crippen LogP contribution in [-0.4, -0.2) is 15.7 Å². The largest absolute Gasteiger partial charge is 0.317 e. The summed E-state index contributed by atoms with van der Waals surface area (Å²) in [6.45, 7) is 0. The Kier molecular flexibility index (Phi) is 1.85. The molecule has 2 rings (SSSR count). The van der Waals surface area contributed by atoms with E-state index in [1.807, 2.05) is 0 Å². The third-order valence-electron chi connectivity index (χ3n) is 1.98. The number of rotatable bonds is 1. The molecule has 1 aromatic carbocycles. The van der Waals surface area contributed by atoms with Crippen molar-refractivity contribution in [2.75, 3.05) is 0 Å². The van der Waals surface area contributed by atoms with Gasteiger partial charge in [0.05, 0.1) is 11.1 Å². The Labute approximate surface area is 79.3 Å². The number of carbonyl (C=O) groups is 1. The molecule has 0 aliphatic rings. The highest BCUT2D eigenvalue weighted by molar-refractivity contribution is 6.06. The fraction of sp³-hybridized carbons (Fsp3) is 0.111. The minimum atomic E-state index is -0.761. The highest BCUT2D eigenvalue weighted by atomic mass is 16.3. The number of aromatic nitrogens is 2. The third-order valence-corrected chi connectivity index (χ3v) is 1.98. The van der Waals surface area contributed by atoms with Crippen LogP contribution < -0.4 is 0 Å². The number of nitroso groups, excluding NO2 is 1. The summed E-state index contributed by atoms with van der Waals surface area (Å²) in [5.41, 5.74) is 0.979. The molecular formula is C9H7N3O2. The number of carbonyl (C=O) groups excluding carboxylic acids is 1. The van der Waals surface area contributed by atoms with E-state index >= 15 is 0 Å². The first-order valence-electron chi connectivity index (χ1n) is 4.02. The number of hydrogen-bond donors (Lipinski definition) is 0. The van der Waals surface area contributed by atoms with Crippen LogP contribution >= 0.6 is 0 Å². The standard InChI is InChI=1S/C9H7N3O2/c1-12-5-7-6(9(13)11-14)3-2-4-8(7)10-12/h2-5H,1H3. The molecule has 0 aliphatic carbocycles. The Hall–Kier alpha value is -2.04. The van der Waals surface area contributed by atoms with E-state index in [1.165, 1.54) is 0 Å². The van der Waals surface area contributed by atoms with Crippen molar-refractivity contribution in [3.05, 3.63) is 34.9 Å². The van der Waals surface area contributed by atoms with Gasteiger partial charge in [0.15, 0.2) is 0 Å². The average Bonchev–Trinajstić information content (AvgIpc) is 2.56. The lowest BCUT2D eigenvalue weighted by Crippen LogP contribution is -1.93. The molecule has 0 spiro atoms. The lowest BCUT2D eigenvalue weighted by molar-refractivity contribution is 0.100. The molecule has 0 fully saturated rings. The maximum Gasteiger partial charge on any atom is 0.317 e. The van der Waals surface area contributed by atoms with Crippen molar-refractivity contribution < 1.29 is 4.79 Å². The molecule has 14 heavy (non-hydrogen) atoms. The van der Waals surface area contributed by atoms with Gasteiger partial charge in [-0.05, 0) is 12.1 Å². The summed E-state index contributed by atoms with van der Waals surface area (Å²) >= 11 is 0. The molecule has 2 aromatic rings. The van der Waals surface area contributed by atoms with Crippen molar-refractivity contribution >= 4 is 16.8 Å². The van der Waals surface area contributed by atoms with Crippen LogP contribution in [0.1, 0.15) is 10.4 Å². The van der Waals surface area contributed by atoms with E-state index in [-0.39, 0.29) is 0 Å². The Morgan fingerprint density at radius 3 is 3.00 bits per heavy atom. The number of benzene rings is 1. The smallest absolute Gasteiger partial charge is 0.275 e. The Morgan fingerprint density at radius 2 is 2.29 bits per heavy atom. The molecule has 0 unspecified atom stereocenters. The monoisotopic (exact) mass is 189 g/mol. The lowest BCUT2D eigenvalue weighted by Gasteiger charge is -1.92. The van der Waals surface area contributed by atoms with Gasteiger partial charge in [-0.15, -0.1) is 4.91 Å². The van der Waals surface area contributed by atoms with Gasteiger partial charge in [-0.25, -0.2) is 0 Å². The highest BCUT2D eigenvalue weighted by Crippen LogP contribution is 2.17. The zero-order valence-corrected chi connectivity index (χ0v) is 7.47. The average molecular weight is 189 g/mol. The summed E-state index contributed by atoms with van der Waals surface area (Å²) < 4.78 is 1.59. The summed E-state index contributed by atoms with van der Waals surface area (Å²) in [6.07, 6.45) is 1.69. The van der Waals surface area contributed by atoms with Gasteiger partial charge in [0.2, 0.25) is 0 Å². The first kappa shape index (κ1) is 8.55. The van der Waals surface area contributed by atoms with Crippen molar-refractivity contribution in [2.45, 2.75) is 0 Å². The maximum atomic E-state index is 11.1. The molecule has 5 heteroatoms. The molecule has 0 saturated heterocycles. The molecule has 0 bridgehead atoms. The second kappa shape index (κ2) is 3.02. The number of amides is 1. The van der Waals surface area contributed by atoms with E-state index in [0.717, 1.165) is 0 Å². The van der Waals surface area contributed by atoms with E-state index in [4.69, 9.17) is 0 Å². The molecule has 5 nitrogen and oxygen atoms in total. The van der Waals surface area contributed by atoms with Crippen molar-refractivity contribution in [3.8, 4) is 0 Å². The van der Waals surface area contributed by atoms with Crippen molar-refractivity contribution in [1.82, 2.24) is 9.78 Å². The number of hydrogen-bond acceptors (Lipinski definition) is 3. The number of fused-ring (bicyclic) bond motifs is 1. The molecule has 0 atom stereocenters.